The van der Waals surface area contributed by atoms with Crippen LogP contribution < -0.4 is 4.90 Å². The van der Waals surface area contributed by atoms with Crippen LogP contribution in [0.4, 0.5) is 23.2 Å². The number of alkyl halides is 3. The summed E-state index contributed by atoms with van der Waals surface area (Å²) < 4.78 is 56.4. The van der Waals surface area contributed by atoms with Crippen molar-refractivity contribution in [1.29, 1.82) is 0 Å². The summed E-state index contributed by atoms with van der Waals surface area (Å²) in [4.78, 5) is 27.2. The zero-order valence-electron chi connectivity index (χ0n) is 14.6. The highest BCUT2D eigenvalue weighted by Crippen LogP contribution is 2.32. The SMILES string of the molecule is O=C(CCC(F)(F)F)N1CCCC2(C1)CN(c1cccc(F)c1)C(=O)CO2. The lowest BCUT2D eigenvalue weighted by atomic mass is 9.90. The van der Waals surface area contributed by atoms with Crippen molar-refractivity contribution in [1.82, 2.24) is 4.90 Å². The van der Waals surface area contributed by atoms with Gasteiger partial charge in [-0.2, -0.15) is 13.2 Å². The minimum absolute atomic E-state index is 0.114. The molecule has 9 heteroatoms. The van der Waals surface area contributed by atoms with E-state index in [2.05, 4.69) is 0 Å². The van der Waals surface area contributed by atoms with Crippen LogP contribution in [-0.2, 0) is 14.3 Å². The molecule has 2 aliphatic heterocycles. The third-order valence-electron chi connectivity index (χ3n) is 4.88. The first kappa shape index (κ1) is 19.6. The third-order valence-corrected chi connectivity index (χ3v) is 4.88. The van der Waals surface area contributed by atoms with Gasteiger partial charge in [0, 0.05) is 18.7 Å². The average molecular weight is 388 g/mol. The summed E-state index contributed by atoms with van der Waals surface area (Å²) >= 11 is 0. The normalized spacial score (nSPS) is 23.8. The van der Waals surface area contributed by atoms with Gasteiger partial charge in [0.15, 0.2) is 0 Å². The van der Waals surface area contributed by atoms with Crippen molar-refractivity contribution in [2.75, 3.05) is 31.1 Å². The van der Waals surface area contributed by atoms with Crippen molar-refractivity contribution in [2.45, 2.75) is 37.5 Å². The van der Waals surface area contributed by atoms with E-state index in [9.17, 15) is 27.2 Å². The fraction of sp³-hybridized carbons (Fsp3) is 0.556. The van der Waals surface area contributed by atoms with E-state index in [4.69, 9.17) is 4.74 Å². The van der Waals surface area contributed by atoms with Crippen molar-refractivity contribution in [3.8, 4) is 0 Å². The zero-order chi connectivity index (χ0) is 19.7. The molecule has 0 saturated carbocycles. The molecule has 1 unspecified atom stereocenters. The lowest BCUT2D eigenvalue weighted by molar-refractivity contribution is -0.159. The molecule has 2 fully saturated rings. The van der Waals surface area contributed by atoms with Crippen LogP contribution in [0.3, 0.4) is 0 Å². The number of halogens is 4. The van der Waals surface area contributed by atoms with Crippen molar-refractivity contribution < 1.29 is 31.9 Å². The lowest BCUT2D eigenvalue weighted by Gasteiger charge is -2.47. The van der Waals surface area contributed by atoms with Crippen LogP contribution in [0.2, 0.25) is 0 Å². The Kier molecular flexibility index (Phi) is 5.41. The van der Waals surface area contributed by atoms with Gasteiger partial charge in [0.2, 0.25) is 5.91 Å². The summed E-state index contributed by atoms with van der Waals surface area (Å²) in [6, 6.07) is 5.61. The van der Waals surface area contributed by atoms with Crippen LogP contribution >= 0.6 is 0 Å². The van der Waals surface area contributed by atoms with Gasteiger partial charge in [0.1, 0.15) is 18.0 Å². The second-order valence-corrected chi connectivity index (χ2v) is 6.97. The molecule has 148 valence electrons. The summed E-state index contributed by atoms with van der Waals surface area (Å²) in [6.45, 7) is 0.373. The summed E-state index contributed by atoms with van der Waals surface area (Å²) in [5, 5.41) is 0. The second-order valence-electron chi connectivity index (χ2n) is 6.97. The molecule has 0 aromatic heterocycles. The van der Waals surface area contributed by atoms with Crippen LogP contribution in [-0.4, -0.2) is 54.7 Å². The first-order chi connectivity index (χ1) is 12.7. The maximum absolute atomic E-state index is 13.5. The van der Waals surface area contributed by atoms with Gasteiger partial charge < -0.3 is 14.5 Å². The highest BCUT2D eigenvalue weighted by atomic mass is 19.4. The molecule has 1 atom stereocenters. The number of amides is 2. The van der Waals surface area contributed by atoms with Crippen molar-refractivity contribution in [3.63, 3.8) is 0 Å². The maximum atomic E-state index is 13.5. The molecular formula is C18H20F4N2O3. The van der Waals surface area contributed by atoms with E-state index in [-0.39, 0.29) is 25.6 Å². The van der Waals surface area contributed by atoms with Crippen LogP contribution in [0.15, 0.2) is 24.3 Å². The molecule has 2 heterocycles. The van der Waals surface area contributed by atoms with Crippen molar-refractivity contribution >= 4 is 17.5 Å². The van der Waals surface area contributed by atoms with Crippen molar-refractivity contribution in [3.05, 3.63) is 30.1 Å². The molecule has 0 bridgehead atoms. The van der Waals surface area contributed by atoms with Crippen molar-refractivity contribution in [2.24, 2.45) is 0 Å². The van der Waals surface area contributed by atoms with Crippen LogP contribution in [0, 0.1) is 5.82 Å². The fourth-order valence-corrected chi connectivity index (χ4v) is 3.56. The highest BCUT2D eigenvalue weighted by molar-refractivity contribution is 5.95. The molecule has 27 heavy (non-hydrogen) atoms. The minimum Gasteiger partial charge on any atom is -0.361 e. The summed E-state index contributed by atoms with van der Waals surface area (Å²) in [5.41, 5.74) is -0.463. The number of carbonyl (C=O) groups excluding carboxylic acids is 2. The number of hydrogen-bond acceptors (Lipinski definition) is 3. The molecule has 0 N–H and O–H groups in total. The van der Waals surface area contributed by atoms with Gasteiger partial charge in [-0.25, -0.2) is 4.39 Å². The molecule has 1 spiro atoms. The largest absolute Gasteiger partial charge is 0.389 e. The second kappa shape index (κ2) is 7.46. The number of benzene rings is 1. The number of carbonyl (C=O) groups is 2. The van der Waals surface area contributed by atoms with E-state index >= 15 is 0 Å². The van der Waals surface area contributed by atoms with Gasteiger partial charge in [-0.1, -0.05) is 6.07 Å². The van der Waals surface area contributed by atoms with Crippen LogP contribution in [0.25, 0.3) is 0 Å². The quantitative estimate of drug-likeness (QED) is 0.749. The molecule has 0 aliphatic carbocycles. The van der Waals surface area contributed by atoms with Crippen LogP contribution in [0.5, 0.6) is 0 Å². The Bertz CT molecular complexity index is 725. The molecule has 2 aliphatic rings. The number of hydrogen-bond donors (Lipinski definition) is 0. The van der Waals surface area contributed by atoms with Gasteiger partial charge in [0.25, 0.3) is 5.91 Å². The topological polar surface area (TPSA) is 49.9 Å². The third kappa shape index (κ3) is 4.77. The standard InChI is InChI=1S/C18H20F4N2O3/c19-13-3-1-4-14(9-13)24-12-17(27-10-16(24)26)6-2-8-23(11-17)15(25)5-7-18(20,21)22/h1,3-4,9H,2,5-8,10-12H2. The van der Waals surface area contributed by atoms with E-state index < -0.39 is 36.3 Å². The number of ether oxygens (including phenoxy) is 1. The number of morpholine rings is 1. The van der Waals surface area contributed by atoms with E-state index in [1.165, 1.54) is 28.0 Å². The lowest BCUT2D eigenvalue weighted by Crippen LogP contribution is -2.62. The number of nitrogens with zero attached hydrogens (tertiary/aromatic N) is 2. The summed E-state index contributed by atoms with van der Waals surface area (Å²) in [7, 11) is 0. The van der Waals surface area contributed by atoms with Gasteiger partial charge in [-0.05, 0) is 31.0 Å². The Morgan fingerprint density at radius 2 is 2.04 bits per heavy atom. The van der Waals surface area contributed by atoms with Gasteiger partial charge in [0.05, 0.1) is 19.5 Å². The Balaban J connectivity index is 1.71. The molecule has 3 rings (SSSR count). The first-order valence-electron chi connectivity index (χ1n) is 8.72. The van der Waals surface area contributed by atoms with E-state index in [0.29, 0.717) is 25.1 Å². The smallest absolute Gasteiger partial charge is 0.361 e. The molecule has 5 nitrogen and oxygen atoms in total. The Morgan fingerprint density at radius 3 is 2.74 bits per heavy atom. The van der Waals surface area contributed by atoms with E-state index in [0.717, 1.165) is 0 Å². The summed E-state index contributed by atoms with van der Waals surface area (Å²) in [6.07, 6.45) is -5.03. The van der Waals surface area contributed by atoms with Gasteiger partial charge in [-0.15, -0.1) is 0 Å². The monoisotopic (exact) mass is 388 g/mol. The molecule has 1 aromatic carbocycles. The number of likely N-dealkylation sites (tertiary alicyclic amines) is 1. The Morgan fingerprint density at radius 1 is 1.26 bits per heavy atom. The minimum atomic E-state index is -4.38. The first-order valence-corrected chi connectivity index (χ1v) is 8.72. The van der Waals surface area contributed by atoms with Gasteiger partial charge >= 0.3 is 6.18 Å². The Labute approximate surface area is 153 Å². The van der Waals surface area contributed by atoms with Crippen LogP contribution in [0.1, 0.15) is 25.7 Å². The maximum Gasteiger partial charge on any atom is 0.389 e. The molecule has 0 radical (unpaired) electrons. The predicted octanol–water partition coefficient (Wildman–Crippen LogP) is 2.89. The van der Waals surface area contributed by atoms with E-state index in [1.54, 1.807) is 6.07 Å². The number of piperidine rings is 1. The average Bonchev–Trinajstić information content (AvgIpc) is 2.61. The van der Waals surface area contributed by atoms with E-state index in [1.807, 2.05) is 0 Å². The number of rotatable bonds is 3. The zero-order valence-corrected chi connectivity index (χ0v) is 14.6. The Hall–Kier alpha value is -2.16. The fourth-order valence-electron chi connectivity index (χ4n) is 3.56. The highest BCUT2D eigenvalue weighted by Gasteiger charge is 2.44. The number of anilines is 1. The van der Waals surface area contributed by atoms with Gasteiger partial charge in [-0.3, -0.25) is 9.59 Å². The molecule has 1 aromatic rings. The molecule has 2 saturated heterocycles. The summed E-state index contributed by atoms with van der Waals surface area (Å²) in [5.74, 6) is -1.38. The molecule has 2 amide bonds. The predicted molar refractivity (Wildman–Crippen MR) is 88.5 cm³/mol. The molecular weight excluding hydrogens is 368 g/mol.